The number of rotatable bonds is 17. The van der Waals surface area contributed by atoms with E-state index in [0.29, 0.717) is 24.9 Å². The van der Waals surface area contributed by atoms with E-state index in [1.807, 2.05) is 24.3 Å². The number of amides is 4. The summed E-state index contributed by atoms with van der Waals surface area (Å²) in [5.74, 6) is -5.98. The molecule has 1 aliphatic rings. The van der Waals surface area contributed by atoms with E-state index in [-0.39, 0.29) is 25.3 Å². The summed E-state index contributed by atoms with van der Waals surface area (Å²) < 4.78 is 0. The number of fused-ring (bicyclic) bond motifs is 1. The maximum Gasteiger partial charge on any atom is 0.326 e. The maximum atomic E-state index is 13.1. The molecule has 4 atom stereocenters. The molecule has 2 aromatic rings. The summed E-state index contributed by atoms with van der Waals surface area (Å²) >= 11 is 0. The Kier molecular flexibility index (Phi) is 13.7. The number of carbonyl (C=O) groups excluding carboxylic acids is 4. The van der Waals surface area contributed by atoms with Crippen molar-refractivity contribution in [2.45, 2.75) is 62.8 Å². The Morgan fingerprint density at radius 2 is 1.53 bits per heavy atom. The molecule has 0 aliphatic carbocycles. The molecule has 4 amide bonds. The van der Waals surface area contributed by atoms with E-state index in [1.54, 1.807) is 30.3 Å². The number of guanidine groups is 1. The number of aliphatic imine (C=N–C) groups is 1. The minimum absolute atomic E-state index is 0.0785. The molecule has 0 fully saturated rings. The summed E-state index contributed by atoms with van der Waals surface area (Å²) in [5, 5.41) is 31.7. The van der Waals surface area contributed by atoms with Gasteiger partial charge in [0.25, 0.3) is 0 Å². The first-order valence-corrected chi connectivity index (χ1v) is 14.9. The molecule has 11 N–H and O–H groups in total. The van der Waals surface area contributed by atoms with E-state index in [1.165, 1.54) is 0 Å². The second kappa shape index (κ2) is 17.8. The second-order valence-corrected chi connectivity index (χ2v) is 10.9. The zero-order valence-electron chi connectivity index (χ0n) is 25.6. The van der Waals surface area contributed by atoms with Gasteiger partial charge in [-0.05, 0) is 36.0 Å². The third-order valence-corrected chi connectivity index (χ3v) is 7.33. The summed E-state index contributed by atoms with van der Waals surface area (Å²) in [6.07, 6.45) is -0.0672. The fourth-order valence-electron chi connectivity index (χ4n) is 4.93. The van der Waals surface area contributed by atoms with Crippen LogP contribution in [0.4, 0.5) is 0 Å². The monoisotopic (exact) mass is 652 g/mol. The van der Waals surface area contributed by atoms with Gasteiger partial charge >= 0.3 is 11.9 Å². The third-order valence-electron chi connectivity index (χ3n) is 7.33. The van der Waals surface area contributed by atoms with Gasteiger partial charge in [-0.25, -0.2) is 4.79 Å². The topological polar surface area (TPSA) is 267 Å². The minimum atomic E-state index is -1.63. The molecule has 2 aromatic carbocycles. The average Bonchev–Trinajstić information content (AvgIpc) is 3.04. The molecule has 1 heterocycles. The quantitative estimate of drug-likeness (QED) is 0.0519. The second-order valence-electron chi connectivity index (χ2n) is 10.9. The summed E-state index contributed by atoms with van der Waals surface area (Å²) in [5.41, 5.74) is 13.4. The molecule has 0 aromatic heterocycles. The third kappa shape index (κ3) is 12.1. The van der Waals surface area contributed by atoms with Gasteiger partial charge in [0.15, 0.2) is 5.96 Å². The van der Waals surface area contributed by atoms with Crippen LogP contribution in [0.1, 0.15) is 36.0 Å². The zero-order valence-corrected chi connectivity index (χ0v) is 25.6. The van der Waals surface area contributed by atoms with Crippen LogP contribution < -0.4 is 38.1 Å². The van der Waals surface area contributed by atoms with Crippen LogP contribution >= 0.6 is 0 Å². The first-order valence-electron chi connectivity index (χ1n) is 14.9. The number of hydrogen-bond donors (Lipinski definition) is 9. The van der Waals surface area contributed by atoms with Crippen molar-refractivity contribution in [3.05, 3.63) is 71.3 Å². The van der Waals surface area contributed by atoms with E-state index in [4.69, 9.17) is 11.5 Å². The van der Waals surface area contributed by atoms with Crippen LogP contribution in [-0.2, 0) is 48.2 Å². The molecule has 1 unspecified atom stereocenters. The highest BCUT2D eigenvalue weighted by Crippen LogP contribution is 2.16. The first kappa shape index (κ1) is 36.0. The van der Waals surface area contributed by atoms with Gasteiger partial charge in [-0.3, -0.25) is 29.0 Å². The summed E-state index contributed by atoms with van der Waals surface area (Å²) in [6.45, 7) is -0.00458. The predicted molar refractivity (Wildman–Crippen MR) is 170 cm³/mol. The van der Waals surface area contributed by atoms with Crippen molar-refractivity contribution in [1.29, 1.82) is 0 Å². The number of nitrogens with one attached hydrogen (secondary N) is 5. The standard InChI is InChI=1S/C31H40N8O8/c32-31(33)34-12-6-11-21(38-28(44)22-14-19-9-4-5-10-20(19)16-35-22)27(43)36-17-25(40)37-23(15-26(41)42)29(45)39-24(30(46)47)13-18-7-2-1-3-8-18/h1-5,7-10,21-24,35H,6,11-17H2,(H,36,43)(H,37,40)(H,38,44)(H,39,45)(H,41,42)(H,46,47)(H4,32,33,34)/t21-,22?,23-,24-/m0/s1. The Morgan fingerprint density at radius 1 is 0.851 bits per heavy atom. The molecule has 47 heavy (non-hydrogen) atoms. The highest BCUT2D eigenvalue weighted by atomic mass is 16.4. The average molecular weight is 653 g/mol. The van der Waals surface area contributed by atoms with Crippen LogP contribution in [0.3, 0.4) is 0 Å². The Hall–Kier alpha value is -5.51. The molecular formula is C31H40N8O8. The molecule has 0 radical (unpaired) electrons. The molecule has 0 saturated heterocycles. The largest absolute Gasteiger partial charge is 0.481 e. The van der Waals surface area contributed by atoms with Crippen LogP contribution in [-0.4, -0.2) is 89.0 Å². The van der Waals surface area contributed by atoms with E-state index in [0.717, 1.165) is 11.1 Å². The van der Waals surface area contributed by atoms with Crippen LogP contribution in [0.25, 0.3) is 0 Å². The van der Waals surface area contributed by atoms with E-state index < -0.39 is 72.7 Å². The number of benzene rings is 2. The van der Waals surface area contributed by atoms with Crippen molar-refractivity contribution in [2.24, 2.45) is 16.5 Å². The smallest absolute Gasteiger partial charge is 0.326 e. The first-order chi connectivity index (χ1) is 22.4. The van der Waals surface area contributed by atoms with Gasteiger partial charge in [-0.1, -0.05) is 54.6 Å². The molecule has 3 rings (SSSR count). The minimum Gasteiger partial charge on any atom is -0.481 e. The van der Waals surface area contributed by atoms with Gasteiger partial charge in [0.1, 0.15) is 18.1 Å². The number of hydrogen-bond acceptors (Lipinski definition) is 8. The van der Waals surface area contributed by atoms with Crippen molar-refractivity contribution in [1.82, 2.24) is 26.6 Å². The normalized spacial score (nSPS) is 15.4. The van der Waals surface area contributed by atoms with Gasteiger partial charge in [0.2, 0.25) is 23.6 Å². The van der Waals surface area contributed by atoms with Crippen LogP contribution in [0.2, 0.25) is 0 Å². The van der Waals surface area contributed by atoms with E-state index in [9.17, 15) is 39.0 Å². The number of nitrogens with zero attached hydrogens (tertiary/aromatic N) is 1. The molecular weight excluding hydrogens is 612 g/mol. The number of aliphatic carboxylic acids is 2. The molecule has 252 valence electrons. The van der Waals surface area contributed by atoms with Gasteiger partial charge in [0.05, 0.1) is 19.0 Å². The lowest BCUT2D eigenvalue weighted by atomic mass is 9.95. The summed E-state index contributed by atoms with van der Waals surface area (Å²) in [6, 6.07) is 11.4. The highest BCUT2D eigenvalue weighted by Gasteiger charge is 2.30. The lowest BCUT2D eigenvalue weighted by Crippen LogP contribution is -2.56. The molecule has 0 bridgehead atoms. The molecule has 16 heteroatoms. The SMILES string of the molecule is NC(N)=NCCC[C@H](NC(=O)C1Cc2ccccc2CN1)C(=O)NCC(=O)N[C@@H](CC(=O)O)C(=O)N[C@@H](Cc1ccccc1)C(=O)O. The molecule has 16 nitrogen and oxygen atoms in total. The fraction of sp³-hybridized carbons (Fsp3) is 0.387. The van der Waals surface area contributed by atoms with Crippen LogP contribution in [0.5, 0.6) is 0 Å². The van der Waals surface area contributed by atoms with Crippen LogP contribution in [0.15, 0.2) is 59.6 Å². The Balaban J connectivity index is 1.61. The molecule has 1 aliphatic heterocycles. The molecule has 0 saturated carbocycles. The van der Waals surface area contributed by atoms with Gasteiger partial charge in [0, 0.05) is 19.5 Å². The van der Waals surface area contributed by atoms with Gasteiger partial charge < -0.3 is 48.3 Å². The lowest BCUT2D eigenvalue weighted by Gasteiger charge is -2.27. The highest BCUT2D eigenvalue weighted by molar-refractivity contribution is 5.95. The van der Waals surface area contributed by atoms with Crippen molar-refractivity contribution < 1.29 is 39.0 Å². The van der Waals surface area contributed by atoms with Crippen molar-refractivity contribution in [2.75, 3.05) is 13.1 Å². The maximum absolute atomic E-state index is 13.1. The van der Waals surface area contributed by atoms with Crippen molar-refractivity contribution in [3.63, 3.8) is 0 Å². The summed E-state index contributed by atoms with van der Waals surface area (Å²) in [4.78, 5) is 79.0. The van der Waals surface area contributed by atoms with Gasteiger partial charge in [-0.15, -0.1) is 0 Å². The fourth-order valence-corrected chi connectivity index (χ4v) is 4.93. The van der Waals surface area contributed by atoms with E-state index in [2.05, 4.69) is 31.6 Å². The zero-order chi connectivity index (χ0) is 34.3. The van der Waals surface area contributed by atoms with Crippen molar-refractivity contribution >= 4 is 41.5 Å². The molecule has 0 spiro atoms. The summed E-state index contributed by atoms with van der Waals surface area (Å²) in [7, 11) is 0. The predicted octanol–water partition coefficient (Wildman–Crippen LogP) is -1.87. The Labute approximate surface area is 270 Å². The lowest BCUT2D eigenvalue weighted by molar-refractivity contribution is -0.143. The van der Waals surface area contributed by atoms with E-state index >= 15 is 0 Å². The Morgan fingerprint density at radius 3 is 2.19 bits per heavy atom. The van der Waals surface area contributed by atoms with Crippen LogP contribution in [0, 0.1) is 0 Å². The number of carbonyl (C=O) groups is 6. The number of carboxylic acids is 2. The number of nitrogens with two attached hydrogens (primary N) is 2. The Bertz CT molecular complexity index is 1460. The van der Waals surface area contributed by atoms with Gasteiger partial charge in [-0.2, -0.15) is 0 Å². The number of carboxylic acid groups (broad SMARTS) is 2. The van der Waals surface area contributed by atoms with Crippen molar-refractivity contribution in [3.8, 4) is 0 Å².